The van der Waals surface area contributed by atoms with E-state index in [0.29, 0.717) is 19.4 Å². The molecule has 2 atom stereocenters. The van der Waals surface area contributed by atoms with Gasteiger partial charge in [-0.25, -0.2) is 4.98 Å². The largest absolute Gasteiger partial charge is 0.481 e. The summed E-state index contributed by atoms with van der Waals surface area (Å²) < 4.78 is 1.94. The van der Waals surface area contributed by atoms with Gasteiger partial charge in [0.2, 0.25) is 5.91 Å². The molecule has 1 amide bonds. The summed E-state index contributed by atoms with van der Waals surface area (Å²) in [5.41, 5.74) is 0. The molecule has 108 valence electrons. The summed E-state index contributed by atoms with van der Waals surface area (Å²) in [6, 6.07) is 0. The fourth-order valence-electron chi connectivity index (χ4n) is 2.40. The van der Waals surface area contributed by atoms with Gasteiger partial charge in [-0.05, 0) is 19.3 Å². The van der Waals surface area contributed by atoms with Gasteiger partial charge in [-0.1, -0.05) is 12.2 Å². The molecule has 0 fully saturated rings. The SMILES string of the molecule is O=C(O)[C@@H]1CC=CC[C@H]1C(=O)NCCCn1ccnc1. The van der Waals surface area contributed by atoms with Crippen molar-refractivity contribution in [3.05, 3.63) is 30.9 Å². The predicted molar refractivity (Wildman–Crippen MR) is 72.8 cm³/mol. The second-order valence-corrected chi connectivity index (χ2v) is 4.94. The molecule has 1 aliphatic rings. The van der Waals surface area contributed by atoms with E-state index in [-0.39, 0.29) is 5.91 Å². The van der Waals surface area contributed by atoms with Crippen molar-refractivity contribution in [2.24, 2.45) is 11.8 Å². The van der Waals surface area contributed by atoms with E-state index in [1.54, 1.807) is 12.5 Å². The van der Waals surface area contributed by atoms with Crippen molar-refractivity contribution >= 4 is 11.9 Å². The molecule has 20 heavy (non-hydrogen) atoms. The lowest BCUT2D eigenvalue weighted by Crippen LogP contribution is -2.39. The molecule has 0 aromatic carbocycles. The number of aryl methyl sites for hydroxylation is 1. The zero-order valence-corrected chi connectivity index (χ0v) is 11.2. The van der Waals surface area contributed by atoms with Gasteiger partial charge in [-0.2, -0.15) is 0 Å². The lowest BCUT2D eigenvalue weighted by Gasteiger charge is -2.24. The van der Waals surface area contributed by atoms with Crippen molar-refractivity contribution in [1.29, 1.82) is 0 Å². The minimum atomic E-state index is -0.895. The Morgan fingerprint density at radius 3 is 2.70 bits per heavy atom. The molecule has 6 nitrogen and oxygen atoms in total. The maximum Gasteiger partial charge on any atom is 0.307 e. The lowest BCUT2D eigenvalue weighted by atomic mass is 9.82. The van der Waals surface area contributed by atoms with Crippen LogP contribution >= 0.6 is 0 Å². The molecule has 0 saturated heterocycles. The Morgan fingerprint density at radius 1 is 1.30 bits per heavy atom. The van der Waals surface area contributed by atoms with Gasteiger partial charge in [0.25, 0.3) is 0 Å². The number of aliphatic carboxylic acids is 1. The number of carbonyl (C=O) groups excluding carboxylic acids is 1. The van der Waals surface area contributed by atoms with Crippen LogP contribution in [0.1, 0.15) is 19.3 Å². The van der Waals surface area contributed by atoms with Crippen LogP contribution in [0.15, 0.2) is 30.9 Å². The Balaban J connectivity index is 1.76. The van der Waals surface area contributed by atoms with Crippen molar-refractivity contribution in [3.63, 3.8) is 0 Å². The summed E-state index contributed by atoms with van der Waals surface area (Å²) in [5, 5.41) is 12.0. The fraction of sp³-hybridized carbons (Fsp3) is 0.500. The van der Waals surface area contributed by atoms with Gasteiger partial charge in [0, 0.05) is 25.5 Å². The first kappa shape index (κ1) is 14.3. The fourth-order valence-corrected chi connectivity index (χ4v) is 2.40. The number of rotatable bonds is 6. The normalized spacial score (nSPS) is 21.6. The molecule has 1 aromatic heterocycles. The van der Waals surface area contributed by atoms with Crippen molar-refractivity contribution < 1.29 is 14.7 Å². The third kappa shape index (κ3) is 3.69. The number of imidazole rings is 1. The number of nitrogens with one attached hydrogen (secondary N) is 1. The van der Waals surface area contributed by atoms with Crippen molar-refractivity contribution in [1.82, 2.24) is 14.9 Å². The second-order valence-electron chi connectivity index (χ2n) is 4.94. The van der Waals surface area contributed by atoms with Crippen molar-refractivity contribution in [2.45, 2.75) is 25.8 Å². The number of amides is 1. The predicted octanol–water partition coefficient (Wildman–Crippen LogP) is 1.06. The zero-order chi connectivity index (χ0) is 14.4. The van der Waals surface area contributed by atoms with E-state index in [9.17, 15) is 9.59 Å². The number of carbonyl (C=O) groups is 2. The molecule has 0 unspecified atom stereocenters. The van der Waals surface area contributed by atoms with Crippen LogP contribution in [0, 0.1) is 11.8 Å². The Labute approximate surface area is 117 Å². The maximum atomic E-state index is 12.0. The van der Waals surface area contributed by atoms with E-state index < -0.39 is 17.8 Å². The molecule has 2 N–H and O–H groups in total. The summed E-state index contributed by atoms with van der Waals surface area (Å²) in [7, 11) is 0. The van der Waals surface area contributed by atoms with Crippen LogP contribution in [0.25, 0.3) is 0 Å². The van der Waals surface area contributed by atoms with Crippen LogP contribution in [0.5, 0.6) is 0 Å². The summed E-state index contributed by atoms with van der Waals surface area (Å²) in [5.74, 6) is -2.11. The molecule has 0 saturated carbocycles. The summed E-state index contributed by atoms with van der Waals surface area (Å²) in [4.78, 5) is 27.1. The topological polar surface area (TPSA) is 84.2 Å². The highest BCUT2D eigenvalue weighted by atomic mass is 16.4. The highest BCUT2D eigenvalue weighted by molar-refractivity contribution is 5.85. The molecule has 2 rings (SSSR count). The molecule has 0 radical (unpaired) electrons. The third-order valence-corrected chi connectivity index (χ3v) is 3.54. The Kier molecular flexibility index (Phi) is 4.92. The number of carboxylic acid groups (broad SMARTS) is 1. The van der Waals surface area contributed by atoms with Gasteiger partial charge < -0.3 is 15.0 Å². The first-order chi connectivity index (χ1) is 9.68. The lowest BCUT2D eigenvalue weighted by molar-refractivity contribution is -0.147. The molecule has 1 aromatic rings. The van der Waals surface area contributed by atoms with Crippen LogP contribution in [0.3, 0.4) is 0 Å². The quantitative estimate of drug-likeness (QED) is 0.601. The van der Waals surface area contributed by atoms with E-state index in [0.717, 1.165) is 13.0 Å². The minimum absolute atomic E-state index is 0.160. The average Bonchev–Trinajstić information content (AvgIpc) is 2.96. The Hall–Kier alpha value is -2.11. The van der Waals surface area contributed by atoms with Crippen LogP contribution in [0.4, 0.5) is 0 Å². The van der Waals surface area contributed by atoms with Gasteiger partial charge in [0.15, 0.2) is 0 Å². The van der Waals surface area contributed by atoms with Crippen molar-refractivity contribution in [3.8, 4) is 0 Å². The Bertz CT molecular complexity index is 482. The average molecular weight is 277 g/mol. The van der Waals surface area contributed by atoms with Gasteiger partial charge in [-0.15, -0.1) is 0 Å². The second kappa shape index (κ2) is 6.88. The molecular weight excluding hydrogens is 258 g/mol. The summed E-state index contributed by atoms with van der Waals surface area (Å²) in [6.45, 7) is 1.33. The number of hydrogen-bond acceptors (Lipinski definition) is 3. The number of nitrogens with zero attached hydrogens (tertiary/aromatic N) is 2. The van der Waals surface area contributed by atoms with Crippen LogP contribution in [-0.2, 0) is 16.1 Å². The first-order valence-electron chi connectivity index (χ1n) is 6.79. The molecule has 1 heterocycles. The molecule has 0 aliphatic heterocycles. The standard InChI is InChI=1S/C14H19N3O3/c18-13(11-4-1-2-5-12(11)14(19)20)16-6-3-8-17-9-7-15-10-17/h1-2,7,9-12H,3-6,8H2,(H,16,18)(H,19,20)/t11-,12-/m1/s1. The van der Waals surface area contributed by atoms with Crippen LogP contribution < -0.4 is 5.32 Å². The Morgan fingerprint density at radius 2 is 2.05 bits per heavy atom. The van der Waals surface area contributed by atoms with E-state index in [1.165, 1.54) is 0 Å². The number of aromatic nitrogens is 2. The van der Waals surface area contributed by atoms with Crippen LogP contribution in [0.2, 0.25) is 0 Å². The smallest absolute Gasteiger partial charge is 0.307 e. The van der Waals surface area contributed by atoms with E-state index in [4.69, 9.17) is 5.11 Å². The number of carboxylic acids is 1. The number of hydrogen-bond donors (Lipinski definition) is 2. The van der Waals surface area contributed by atoms with E-state index >= 15 is 0 Å². The van der Waals surface area contributed by atoms with E-state index in [2.05, 4.69) is 10.3 Å². The highest BCUT2D eigenvalue weighted by Crippen LogP contribution is 2.25. The van der Waals surface area contributed by atoms with Gasteiger partial charge >= 0.3 is 5.97 Å². The van der Waals surface area contributed by atoms with Gasteiger partial charge in [-0.3, -0.25) is 9.59 Å². The summed E-state index contributed by atoms with van der Waals surface area (Å²) >= 11 is 0. The number of allylic oxidation sites excluding steroid dienone is 2. The monoisotopic (exact) mass is 277 g/mol. The zero-order valence-electron chi connectivity index (χ0n) is 11.2. The maximum absolute atomic E-state index is 12.0. The van der Waals surface area contributed by atoms with Gasteiger partial charge in [0.1, 0.15) is 0 Å². The van der Waals surface area contributed by atoms with Gasteiger partial charge in [0.05, 0.1) is 18.2 Å². The van der Waals surface area contributed by atoms with Crippen molar-refractivity contribution in [2.75, 3.05) is 6.54 Å². The first-order valence-corrected chi connectivity index (χ1v) is 6.79. The molecule has 0 spiro atoms. The molecule has 1 aliphatic carbocycles. The summed E-state index contributed by atoms with van der Waals surface area (Å²) in [6.07, 6.45) is 10.8. The van der Waals surface area contributed by atoms with Crippen LogP contribution in [-0.4, -0.2) is 33.1 Å². The molecular formula is C14H19N3O3. The van der Waals surface area contributed by atoms with E-state index in [1.807, 2.05) is 22.9 Å². The highest BCUT2D eigenvalue weighted by Gasteiger charge is 2.33. The molecule has 6 heteroatoms. The minimum Gasteiger partial charge on any atom is -0.481 e. The molecule has 0 bridgehead atoms. The third-order valence-electron chi connectivity index (χ3n) is 3.54.